The first-order valence-corrected chi connectivity index (χ1v) is 6.31. The molecule has 1 aromatic heterocycles. The van der Waals surface area contributed by atoms with Gasteiger partial charge < -0.3 is 9.64 Å². The van der Waals surface area contributed by atoms with Crippen LogP contribution in [0.5, 0.6) is 0 Å². The molecule has 1 saturated heterocycles. The molecule has 0 aliphatic carbocycles. The van der Waals surface area contributed by atoms with E-state index in [2.05, 4.69) is 25.8 Å². The summed E-state index contributed by atoms with van der Waals surface area (Å²) in [7, 11) is 0. The minimum atomic E-state index is 0.00823. The van der Waals surface area contributed by atoms with Gasteiger partial charge in [0.05, 0.1) is 18.8 Å². The van der Waals surface area contributed by atoms with Crippen LogP contribution in [0.15, 0.2) is 18.5 Å². The average molecular weight is 248 g/mol. The molecule has 1 aromatic rings. The number of amides is 1. The van der Waals surface area contributed by atoms with E-state index < -0.39 is 0 Å². The third kappa shape index (κ3) is 2.88. The van der Waals surface area contributed by atoms with Gasteiger partial charge in [-0.15, -0.1) is 0 Å². The largest absolute Gasteiger partial charge is 0.378 e. The molecule has 1 amide bonds. The fourth-order valence-corrected chi connectivity index (χ4v) is 1.92. The summed E-state index contributed by atoms with van der Waals surface area (Å²) in [5, 5.41) is 0. The topological polar surface area (TPSA) is 42.4 Å². The number of carbonyl (C=O) groups excluding carboxylic acids is 1. The van der Waals surface area contributed by atoms with E-state index in [1.54, 1.807) is 6.20 Å². The van der Waals surface area contributed by atoms with E-state index in [-0.39, 0.29) is 11.3 Å². The molecule has 0 aromatic carbocycles. The molecule has 4 heteroatoms. The first-order chi connectivity index (χ1) is 8.48. The third-order valence-corrected chi connectivity index (χ3v) is 3.15. The second-order valence-corrected chi connectivity index (χ2v) is 5.62. The standard InChI is InChI=1S/C14H20N2O2/c1-14(2,3)12-8-11(9-15-10-12)13(17)16-4-6-18-7-5-16/h8-10H,4-7H2,1-3H3. The summed E-state index contributed by atoms with van der Waals surface area (Å²) in [6, 6.07) is 1.95. The molecule has 0 bridgehead atoms. The summed E-state index contributed by atoms with van der Waals surface area (Å²) in [6.07, 6.45) is 3.48. The molecule has 18 heavy (non-hydrogen) atoms. The van der Waals surface area contributed by atoms with E-state index >= 15 is 0 Å². The summed E-state index contributed by atoms with van der Waals surface area (Å²) in [6.45, 7) is 8.93. The van der Waals surface area contributed by atoms with Gasteiger partial charge in [0.1, 0.15) is 0 Å². The van der Waals surface area contributed by atoms with Crippen LogP contribution in [0, 0.1) is 0 Å². The molecule has 1 fully saturated rings. The van der Waals surface area contributed by atoms with Crippen LogP contribution in [-0.4, -0.2) is 42.1 Å². The first-order valence-electron chi connectivity index (χ1n) is 6.31. The maximum absolute atomic E-state index is 12.3. The van der Waals surface area contributed by atoms with Gasteiger partial charge in [0.2, 0.25) is 0 Å². The van der Waals surface area contributed by atoms with E-state index in [1.165, 1.54) is 0 Å². The van der Waals surface area contributed by atoms with Crippen LogP contribution in [-0.2, 0) is 10.2 Å². The first kappa shape index (κ1) is 13.0. The predicted octanol–water partition coefficient (Wildman–Crippen LogP) is 1.85. The smallest absolute Gasteiger partial charge is 0.255 e. The van der Waals surface area contributed by atoms with Crippen molar-refractivity contribution in [1.82, 2.24) is 9.88 Å². The van der Waals surface area contributed by atoms with E-state index in [9.17, 15) is 4.79 Å². The van der Waals surface area contributed by atoms with E-state index in [1.807, 2.05) is 17.2 Å². The van der Waals surface area contributed by atoms with Gasteiger partial charge in [0.15, 0.2) is 0 Å². The number of nitrogens with zero attached hydrogens (tertiary/aromatic N) is 2. The lowest BCUT2D eigenvalue weighted by Crippen LogP contribution is -2.40. The van der Waals surface area contributed by atoms with Gasteiger partial charge in [-0.2, -0.15) is 0 Å². The van der Waals surface area contributed by atoms with Crippen LogP contribution in [0.1, 0.15) is 36.7 Å². The minimum absolute atomic E-state index is 0.00823. The Bertz CT molecular complexity index is 432. The van der Waals surface area contributed by atoms with Crippen molar-refractivity contribution in [2.75, 3.05) is 26.3 Å². The SMILES string of the molecule is CC(C)(C)c1cncc(C(=O)N2CCOCC2)c1. The molecule has 2 rings (SSSR count). The number of ether oxygens (including phenoxy) is 1. The van der Waals surface area contributed by atoms with Crippen LogP contribution in [0.4, 0.5) is 0 Å². The van der Waals surface area contributed by atoms with Gasteiger partial charge in [-0.3, -0.25) is 9.78 Å². The van der Waals surface area contributed by atoms with Gasteiger partial charge >= 0.3 is 0 Å². The van der Waals surface area contributed by atoms with Crippen molar-refractivity contribution in [1.29, 1.82) is 0 Å². The van der Waals surface area contributed by atoms with Gasteiger partial charge in [-0.1, -0.05) is 20.8 Å². The second kappa shape index (κ2) is 5.06. The number of rotatable bonds is 1. The monoisotopic (exact) mass is 248 g/mol. The molecule has 1 aliphatic rings. The highest BCUT2D eigenvalue weighted by Gasteiger charge is 2.21. The highest BCUT2D eigenvalue weighted by molar-refractivity contribution is 5.94. The van der Waals surface area contributed by atoms with Crippen LogP contribution in [0.3, 0.4) is 0 Å². The lowest BCUT2D eigenvalue weighted by atomic mass is 9.87. The average Bonchev–Trinajstić information content (AvgIpc) is 2.38. The summed E-state index contributed by atoms with van der Waals surface area (Å²) in [4.78, 5) is 18.3. The second-order valence-electron chi connectivity index (χ2n) is 5.62. The molecular formula is C14H20N2O2. The minimum Gasteiger partial charge on any atom is -0.378 e. The van der Waals surface area contributed by atoms with Crippen molar-refractivity contribution in [2.24, 2.45) is 0 Å². The van der Waals surface area contributed by atoms with Gasteiger partial charge in [-0.25, -0.2) is 0 Å². The lowest BCUT2D eigenvalue weighted by Gasteiger charge is -2.27. The Morgan fingerprint density at radius 1 is 1.28 bits per heavy atom. The van der Waals surface area contributed by atoms with Crippen LogP contribution in [0.2, 0.25) is 0 Å². The predicted molar refractivity (Wildman–Crippen MR) is 69.7 cm³/mol. The molecule has 98 valence electrons. The van der Waals surface area contributed by atoms with Crippen LogP contribution < -0.4 is 0 Å². The number of morpholine rings is 1. The zero-order valence-corrected chi connectivity index (χ0v) is 11.3. The fraction of sp³-hybridized carbons (Fsp3) is 0.571. The number of hydrogen-bond donors (Lipinski definition) is 0. The van der Waals surface area contributed by atoms with Crippen molar-refractivity contribution in [3.8, 4) is 0 Å². The van der Waals surface area contributed by atoms with E-state index in [0.29, 0.717) is 31.9 Å². The van der Waals surface area contributed by atoms with Gasteiger partial charge in [0, 0.05) is 25.5 Å². The zero-order chi connectivity index (χ0) is 13.2. The zero-order valence-electron chi connectivity index (χ0n) is 11.3. The Morgan fingerprint density at radius 2 is 1.94 bits per heavy atom. The van der Waals surface area contributed by atoms with E-state index in [4.69, 9.17) is 4.74 Å². The Balaban J connectivity index is 2.20. The molecule has 4 nitrogen and oxygen atoms in total. The number of carbonyl (C=O) groups is 1. The van der Waals surface area contributed by atoms with Crippen LogP contribution >= 0.6 is 0 Å². The molecule has 0 N–H and O–H groups in total. The molecule has 0 saturated carbocycles. The molecule has 1 aliphatic heterocycles. The molecule has 0 spiro atoms. The van der Waals surface area contributed by atoms with Crippen molar-refractivity contribution < 1.29 is 9.53 Å². The lowest BCUT2D eigenvalue weighted by molar-refractivity contribution is 0.0302. The molecular weight excluding hydrogens is 228 g/mol. The Morgan fingerprint density at radius 3 is 2.56 bits per heavy atom. The number of aromatic nitrogens is 1. The fourth-order valence-electron chi connectivity index (χ4n) is 1.92. The van der Waals surface area contributed by atoms with Crippen molar-refractivity contribution in [3.05, 3.63) is 29.6 Å². The van der Waals surface area contributed by atoms with Gasteiger partial charge in [-0.05, 0) is 17.0 Å². The summed E-state index contributed by atoms with van der Waals surface area (Å²) >= 11 is 0. The van der Waals surface area contributed by atoms with E-state index in [0.717, 1.165) is 5.56 Å². The highest BCUT2D eigenvalue weighted by Crippen LogP contribution is 2.22. The molecule has 0 radical (unpaired) electrons. The summed E-state index contributed by atoms with van der Waals surface area (Å²) < 4.78 is 5.25. The maximum Gasteiger partial charge on any atom is 0.255 e. The Hall–Kier alpha value is -1.42. The quantitative estimate of drug-likeness (QED) is 0.761. The number of hydrogen-bond acceptors (Lipinski definition) is 3. The van der Waals surface area contributed by atoms with Crippen molar-refractivity contribution >= 4 is 5.91 Å². The highest BCUT2D eigenvalue weighted by atomic mass is 16.5. The summed E-state index contributed by atoms with van der Waals surface area (Å²) in [5.74, 6) is 0.0527. The normalized spacial score (nSPS) is 16.7. The molecule has 0 unspecified atom stereocenters. The summed E-state index contributed by atoms with van der Waals surface area (Å²) in [5.41, 5.74) is 1.76. The maximum atomic E-state index is 12.3. The Labute approximate surface area is 108 Å². The molecule has 0 atom stereocenters. The van der Waals surface area contributed by atoms with Crippen molar-refractivity contribution in [2.45, 2.75) is 26.2 Å². The van der Waals surface area contributed by atoms with Crippen molar-refractivity contribution in [3.63, 3.8) is 0 Å². The Kier molecular flexibility index (Phi) is 3.66. The molecule has 2 heterocycles. The van der Waals surface area contributed by atoms with Crippen LogP contribution in [0.25, 0.3) is 0 Å². The third-order valence-electron chi connectivity index (χ3n) is 3.15. The number of pyridine rings is 1. The van der Waals surface area contributed by atoms with Gasteiger partial charge in [0.25, 0.3) is 5.91 Å².